The molecule has 7 heteroatoms. The van der Waals surface area contributed by atoms with E-state index in [0.29, 0.717) is 5.75 Å². The zero-order chi connectivity index (χ0) is 19.4. The summed E-state index contributed by atoms with van der Waals surface area (Å²) in [5.41, 5.74) is 3.26. The van der Waals surface area contributed by atoms with Crippen molar-refractivity contribution < 1.29 is 4.79 Å². The number of benzene rings is 2. The van der Waals surface area contributed by atoms with Crippen molar-refractivity contribution in [2.45, 2.75) is 25.0 Å². The highest BCUT2D eigenvalue weighted by Crippen LogP contribution is 2.25. The maximum Gasteiger partial charge on any atom is 0.230 e. The number of thioether (sulfide) groups is 1. The van der Waals surface area contributed by atoms with E-state index >= 15 is 0 Å². The van der Waals surface area contributed by atoms with E-state index in [9.17, 15) is 4.79 Å². The van der Waals surface area contributed by atoms with Crippen molar-refractivity contribution in [3.05, 3.63) is 64.1 Å². The van der Waals surface area contributed by atoms with Crippen LogP contribution in [0.3, 0.4) is 0 Å². The Labute approximate surface area is 171 Å². The van der Waals surface area contributed by atoms with E-state index in [-0.39, 0.29) is 11.9 Å². The Hall–Kier alpha value is -2.12. The van der Waals surface area contributed by atoms with Crippen LogP contribution in [0.25, 0.3) is 11.4 Å². The van der Waals surface area contributed by atoms with Gasteiger partial charge < -0.3 is 9.88 Å². The molecule has 0 fully saturated rings. The SMILES string of the molecule is Cc1ccccc1-c1nnc(SCC(=O)N[C@@H](C)c2ccc(Br)cc2)n1C. The lowest BCUT2D eigenvalue weighted by Gasteiger charge is -2.14. The summed E-state index contributed by atoms with van der Waals surface area (Å²) in [5, 5.41) is 12.3. The van der Waals surface area contributed by atoms with E-state index in [4.69, 9.17) is 0 Å². The molecular formula is C20H21BrN4OS. The molecule has 140 valence electrons. The van der Waals surface area contributed by atoms with E-state index in [2.05, 4.69) is 31.4 Å². The number of rotatable bonds is 6. The molecule has 0 bridgehead atoms. The summed E-state index contributed by atoms with van der Waals surface area (Å²) in [6, 6.07) is 16.0. The van der Waals surface area contributed by atoms with Crippen molar-refractivity contribution in [2.75, 3.05) is 5.75 Å². The van der Waals surface area contributed by atoms with Crippen molar-refractivity contribution in [2.24, 2.45) is 7.05 Å². The fourth-order valence-electron chi connectivity index (χ4n) is 2.75. The van der Waals surface area contributed by atoms with Gasteiger partial charge >= 0.3 is 0 Å². The lowest BCUT2D eigenvalue weighted by Crippen LogP contribution is -2.28. The molecule has 0 saturated carbocycles. The minimum Gasteiger partial charge on any atom is -0.349 e. The Morgan fingerprint density at radius 2 is 1.89 bits per heavy atom. The van der Waals surface area contributed by atoms with Crippen molar-refractivity contribution in [1.29, 1.82) is 0 Å². The molecule has 0 spiro atoms. The first kappa shape index (κ1) is 19.6. The summed E-state index contributed by atoms with van der Waals surface area (Å²) in [7, 11) is 1.92. The standard InChI is InChI=1S/C20H21BrN4OS/c1-13-6-4-5-7-17(13)19-23-24-20(25(19)3)27-12-18(26)22-14(2)15-8-10-16(21)11-9-15/h4-11,14H,12H2,1-3H3,(H,22,26)/t14-/m0/s1. The fraction of sp³-hybridized carbons (Fsp3) is 0.250. The monoisotopic (exact) mass is 444 g/mol. The molecule has 1 atom stereocenters. The van der Waals surface area contributed by atoms with Gasteiger partial charge in [0, 0.05) is 17.1 Å². The van der Waals surface area contributed by atoms with E-state index in [1.807, 2.05) is 74.0 Å². The molecule has 0 aliphatic rings. The summed E-state index contributed by atoms with van der Waals surface area (Å²) in [4.78, 5) is 12.3. The van der Waals surface area contributed by atoms with Gasteiger partial charge in [-0.05, 0) is 37.1 Å². The molecule has 27 heavy (non-hydrogen) atoms. The molecule has 3 aromatic rings. The molecular weight excluding hydrogens is 424 g/mol. The number of carbonyl (C=O) groups excluding carboxylic acids is 1. The van der Waals surface area contributed by atoms with Gasteiger partial charge in [-0.3, -0.25) is 4.79 Å². The first-order valence-corrected chi connectivity index (χ1v) is 10.4. The normalized spacial score (nSPS) is 12.0. The Kier molecular flexibility index (Phi) is 6.34. The topological polar surface area (TPSA) is 59.8 Å². The van der Waals surface area contributed by atoms with E-state index in [1.54, 1.807) is 0 Å². The molecule has 1 N–H and O–H groups in total. The predicted molar refractivity (Wildman–Crippen MR) is 113 cm³/mol. The van der Waals surface area contributed by atoms with Gasteiger partial charge in [0.2, 0.25) is 5.91 Å². The number of aromatic nitrogens is 3. The van der Waals surface area contributed by atoms with Crippen LogP contribution in [0.1, 0.15) is 24.1 Å². The number of aryl methyl sites for hydroxylation is 1. The second kappa shape index (κ2) is 8.71. The van der Waals surface area contributed by atoms with E-state index < -0.39 is 0 Å². The number of hydrogen-bond donors (Lipinski definition) is 1. The van der Waals surface area contributed by atoms with Gasteiger partial charge in [-0.1, -0.05) is 64.1 Å². The van der Waals surface area contributed by atoms with E-state index in [1.165, 1.54) is 11.8 Å². The Bertz CT molecular complexity index is 939. The minimum atomic E-state index is -0.0479. The smallest absolute Gasteiger partial charge is 0.230 e. The molecule has 5 nitrogen and oxygen atoms in total. The van der Waals surface area contributed by atoms with Crippen LogP contribution in [0.4, 0.5) is 0 Å². The first-order chi connectivity index (χ1) is 13.0. The van der Waals surface area contributed by atoms with Gasteiger partial charge in [0.15, 0.2) is 11.0 Å². The number of halogens is 1. The van der Waals surface area contributed by atoms with Crippen molar-refractivity contribution >= 4 is 33.6 Å². The summed E-state index contributed by atoms with van der Waals surface area (Å²) < 4.78 is 2.95. The van der Waals surface area contributed by atoms with Gasteiger partial charge in [0.05, 0.1) is 11.8 Å². The Balaban J connectivity index is 1.61. The van der Waals surface area contributed by atoms with Crippen LogP contribution in [0, 0.1) is 6.92 Å². The Morgan fingerprint density at radius 3 is 2.59 bits per heavy atom. The average molecular weight is 445 g/mol. The third-order valence-corrected chi connectivity index (χ3v) is 5.85. The zero-order valence-corrected chi connectivity index (χ0v) is 17.8. The van der Waals surface area contributed by atoms with Crippen molar-refractivity contribution in [1.82, 2.24) is 20.1 Å². The number of hydrogen-bond acceptors (Lipinski definition) is 4. The lowest BCUT2D eigenvalue weighted by atomic mass is 10.1. The molecule has 1 aromatic heterocycles. The van der Waals surface area contributed by atoms with Crippen LogP contribution in [-0.4, -0.2) is 26.4 Å². The minimum absolute atomic E-state index is 0.0316. The molecule has 0 unspecified atom stereocenters. The van der Waals surface area contributed by atoms with Crippen molar-refractivity contribution in [3.63, 3.8) is 0 Å². The Morgan fingerprint density at radius 1 is 1.19 bits per heavy atom. The number of nitrogens with zero attached hydrogens (tertiary/aromatic N) is 3. The maximum absolute atomic E-state index is 12.3. The van der Waals surface area contributed by atoms with Crippen LogP contribution in [0.5, 0.6) is 0 Å². The number of nitrogens with one attached hydrogen (secondary N) is 1. The molecule has 0 saturated heterocycles. The molecule has 1 amide bonds. The summed E-state index contributed by atoms with van der Waals surface area (Å²) >= 11 is 4.81. The maximum atomic E-state index is 12.3. The molecule has 0 aliphatic carbocycles. The third-order valence-electron chi connectivity index (χ3n) is 4.30. The van der Waals surface area contributed by atoms with Crippen LogP contribution in [0.15, 0.2) is 58.2 Å². The summed E-state index contributed by atoms with van der Waals surface area (Å²) in [6.45, 7) is 4.03. The second-order valence-corrected chi connectivity index (χ2v) is 8.17. The molecule has 0 aliphatic heterocycles. The van der Waals surface area contributed by atoms with Gasteiger partial charge in [-0.15, -0.1) is 10.2 Å². The highest BCUT2D eigenvalue weighted by atomic mass is 79.9. The summed E-state index contributed by atoms with van der Waals surface area (Å²) in [6.07, 6.45) is 0. The molecule has 2 aromatic carbocycles. The quantitative estimate of drug-likeness (QED) is 0.567. The first-order valence-electron chi connectivity index (χ1n) is 8.58. The fourth-order valence-corrected chi connectivity index (χ4v) is 3.73. The third kappa shape index (κ3) is 4.78. The van der Waals surface area contributed by atoms with E-state index in [0.717, 1.165) is 32.1 Å². The van der Waals surface area contributed by atoms with Crippen molar-refractivity contribution in [3.8, 4) is 11.4 Å². The lowest BCUT2D eigenvalue weighted by molar-refractivity contribution is -0.119. The average Bonchev–Trinajstić information content (AvgIpc) is 3.01. The van der Waals surface area contributed by atoms with Crippen LogP contribution in [0.2, 0.25) is 0 Å². The molecule has 1 heterocycles. The molecule has 3 rings (SSSR count). The number of amides is 1. The highest BCUT2D eigenvalue weighted by molar-refractivity contribution is 9.10. The zero-order valence-electron chi connectivity index (χ0n) is 15.4. The van der Waals surface area contributed by atoms with Gasteiger partial charge in [0.25, 0.3) is 0 Å². The van der Waals surface area contributed by atoms with Crippen LogP contribution in [-0.2, 0) is 11.8 Å². The van der Waals surface area contributed by atoms with Gasteiger partial charge in [0.1, 0.15) is 0 Å². The van der Waals surface area contributed by atoms with Crippen LogP contribution < -0.4 is 5.32 Å². The second-order valence-electron chi connectivity index (χ2n) is 6.31. The summed E-state index contributed by atoms with van der Waals surface area (Å²) in [5.74, 6) is 1.07. The van der Waals surface area contributed by atoms with Crippen LogP contribution >= 0.6 is 27.7 Å². The number of carbonyl (C=O) groups is 1. The predicted octanol–water partition coefficient (Wildman–Crippen LogP) is 4.52. The van der Waals surface area contributed by atoms with Gasteiger partial charge in [-0.2, -0.15) is 0 Å². The largest absolute Gasteiger partial charge is 0.349 e. The van der Waals surface area contributed by atoms with Gasteiger partial charge in [-0.25, -0.2) is 0 Å². The highest BCUT2D eigenvalue weighted by Gasteiger charge is 2.15. The molecule has 0 radical (unpaired) electrons.